The lowest BCUT2D eigenvalue weighted by Gasteiger charge is -2.33. The number of hydrogen-bond donors (Lipinski definition) is 0. The third kappa shape index (κ3) is 11.4. The largest absolute Gasteiger partial charge is 0.356 e. The van der Waals surface area contributed by atoms with Gasteiger partial charge in [-0.1, -0.05) is 140 Å². The Morgan fingerprint density at radius 2 is 1.06 bits per heavy atom. The van der Waals surface area contributed by atoms with Crippen molar-refractivity contribution < 1.29 is 0 Å². The Morgan fingerprint density at radius 1 is 0.562 bits per heavy atom. The summed E-state index contributed by atoms with van der Waals surface area (Å²) in [5.41, 5.74) is 1.41. The molecule has 1 unspecified atom stereocenters. The molecule has 0 fully saturated rings. The highest BCUT2D eigenvalue weighted by atomic mass is 15.4. The molecule has 0 radical (unpaired) electrons. The van der Waals surface area contributed by atoms with Crippen molar-refractivity contribution >= 4 is 0 Å². The van der Waals surface area contributed by atoms with E-state index in [-0.39, 0.29) is 0 Å². The van der Waals surface area contributed by atoms with Crippen LogP contribution in [0.15, 0.2) is 42.7 Å². The van der Waals surface area contributed by atoms with Crippen LogP contribution in [0, 0.1) is 0 Å². The van der Waals surface area contributed by atoms with E-state index in [9.17, 15) is 0 Å². The molecule has 2 nitrogen and oxygen atoms in total. The molecule has 0 saturated heterocycles. The molecule has 2 rings (SSSR count). The second-order valence-corrected chi connectivity index (χ2v) is 9.91. The van der Waals surface area contributed by atoms with Crippen LogP contribution < -0.4 is 0 Å². The van der Waals surface area contributed by atoms with Crippen LogP contribution in [-0.2, 0) is 6.54 Å². The first kappa shape index (κ1) is 26.8. The molecule has 32 heavy (non-hydrogen) atoms. The van der Waals surface area contributed by atoms with Crippen molar-refractivity contribution in [2.75, 3.05) is 6.54 Å². The molecule has 1 aromatic carbocycles. The lowest BCUT2D eigenvalue weighted by atomic mass is 10.0. The van der Waals surface area contributed by atoms with E-state index >= 15 is 0 Å². The maximum Gasteiger partial charge on any atom is 0.101 e. The van der Waals surface area contributed by atoms with Gasteiger partial charge in [0.25, 0.3) is 0 Å². The van der Waals surface area contributed by atoms with E-state index in [1.54, 1.807) is 0 Å². The average Bonchev–Trinajstić information content (AvgIpc) is 3.18. The zero-order valence-corrected chi connectivity index (χ0v) is 21.4. The summed E-state index contributed by atoms with van der Waals surface area (Å²) in [5.74, 6) is 0. The van der Waals surface area contributed by atoms with E-state index in [4.69, 9.17) is 0 Å². The predicted octanol–water partition coefficient (Wildman–Crippen LogP) is 9.27. The van der Waals surface area contributed by atoms with E-state index in [0.29, 0.717) is 6.17 Å². The normalized spacial score (nSPS) is 15.8. The predicted molar refractivity (Wildman–Crippen MR) is 141 cm³/mol. The van der Waals surface area contributed by atoms with E-state index in [1.165, 1.54) is 121 Å². The van der Waals surface area contributed by atoms with E-state index in [0.717, 1.165) is 6.54 Å². The number of rotatable bonds is 20. The summed E-state index contributed by atoms with van der Waals surface area (Å²) in [5, 5.41) is 0. The summed E-state index contributed by atoms with van der Waals surface area (Å²) in [4.78, 5) is 5.12. The molecule has 2 heteroatoms. The van der Waals surface area contributed by atoms with Gasteiger partial charge in [-0.05, 0) is 18.4 Å². The number of nitrogens with zero attached hydrogens (tertiary/aromatic N) is 2. The number of hydrogen-bond acceptors (Lipinski definition) is 2. The minimum absolute atomic E-state index is 0.548. The number of unbranched alkanes of at least 4 members (excludes halogenated alkanes) is 14. The smallest absolute Gasteiger partial charge is 0.101 e. The van der Waals surface area contributed by atoms with Gasteiger partial charge in [0.2, 0.25) is 0 Å². The molecule has 0 bridgehead atoms. The van der Waals surface area contributed by atoms with Gasteiger partial charge in [-0.2, -0.15) is 0 Å². The van der Waals surface area contributed by atoms with Crippen molar-refractivity contribution in [1.82, 2.24) is 9.80 Å². The van der Waals surface area contributed by atoms with Gasteiger partial charge in [0.15, 0.2) is 0 Å². The first-order valence-corrected chi connectivity index (χ1v) is 14.1. The maximum atomic E-state index is 2.59. The molecule has 1 aromatic rings. The lowest BCUT2D eigenvalue weighted by Crippen LogP contribution is -2.38. The zero-order valence-electron chi connectivity index (χ0n) is 21.4. The van der Waals surface area contributed by atoms with Crippen molar-refractivity contribution in [3.8, 4) is 0 Å². The summed E-state index contributed by atoms with van der Waals surface area (Å²) in [6.45, 7) is 6.85. The first-order valence-electron chi connectivity index (χ1n) is 14.1. The van der Waals surface area contributed by atoms with Gasteiger partial charge in [0, 0.05) is 25.5 Å². The topological polar surface area (TPSA) is 6.48 Å². The molecule has 1 atom stereocenters. The Hall–Kier alpha value is -1.44. The molecule has 1 heterocycles. The second-order valence-electron chi connectivity index (χ2n) is 9.91. The third-order valence-corrected chi connectivity index (χ3v) is 6.99. The quantitative estimate of drug-likeness (QED) is 0.186. The van der Waals surface area contributed by atoms with Gasteiger partial charge in [0.1, 0.15) is 6.17 Å². The van der Waals surface area contributed by atoms with Gasteiger partial charge < -0.3 is 9.80 Å². The molecular formula is C30H52N2. The van der Waals surface area contributed by atoms with Gasteiger partial charge >= 0.3 is 0 Å². The molecule has 0 saturated carbocycles. The Balaban J connectivity index is 1.45. The fourth-order valence-electron chi connectivity index (χ4n) is 4.99. The third-order valence-electron chi connectivity index (χ3n) is 6.99. The van der Waals surface area contributed by atoms with Crippen LogP contribution in [0.5, 0.6) is 0 Å². The van der Waals surface area contributed by atoms with Gasteiger partial charge in [-0.15, -0.1) is 0 Å². The highest BCUT2D eigenvalue weighted by Crippen LogP contribution is 2.23. The molecule has 1 aliphatic heterocycles. The van der Waals surface area contributed by atoms with Crippen molar-refractivity contribution in [2.45, 2.75) is 136 Å². The Bertz CT molecular complexity index is 567. The van der Waals surface area contributed by atoms with Crippen LogP contribution in [0.1, 0.15) is 129 Å². The van der Waals surface area contributed by atoms with E-state index < -0.39 is 0 Å². The van der Waals surface area contributed by atoms with Crippen molar-refractivity contribution in [3.05, 3.63) is 48.3 Å². The van der Waals surface area contributed by atoms with Crippen molar-refractivity contribution in [2.24, 2.45) is 0 Å². The lowest BCUT2D eigenvalue weighted by molar-refractivity contribution is 0.134. The molecule has 0 amide bonds. The molecule has 182 valence electrons. The summed E-state index contributed by atoms with van der Waals surface area (Å²) >= 11 is 0. The summed E-state index contributed by atoms with van der Waals surface area (Å²) in [7, 11) is 0. The SMILES string of the molecule is CCCCCCCCCCCCCCCCCN1C=CN(Cc2ccccc2)C1CCC. The average molecular weight is 441 g/mol. The minimum atomic E-state index is 0.548. The molecule has 0 aliphatic carbocycles. The minimum Gasteiger partial charge on any atom is -0.356 e. The highest BCUT2D eigenvalue weighted by molar-refractivity contribution is 5.15. The first-order chi connectivity index (χ1) is 15.8. The Morgan fingerprint density at radius 3 is 1.59 bits per heavy atom. The number of benzene rings is 1. The summed E-state index contributed by atoms with van der Waals surface area (Å²) < 4.78 is 0. The Kier molecular flexibility index (Phi) is 15.1. The van der Waals surface area contributed by atoms with Crippen molar-refractivity contribution in [3.63, 3.8) is 0 Å². The molecule has 0 N–H and O–H groups in total. The van der Waals surface area contributed by atoms with Crippen LogP contribution in [0.25, 0.3) is 0 Å². The van der Waals surface area contributed by atoms with Crippen molar-refractivity contribution in [1.29, 1.82) is 0 Å². The molecule has 0 spiro atoms. The zero-order chi connectivity index (χ0) is 22.7. The molecule has 1 aliphatic rings. The van der Waals surface area contributed by atoms with Gasteiger partial charge in [-0.25, -0.2) is 0 Å². The summed E-state index contributed by atoms with van der Waals surface area (Å²) in [6, 6.07) is 10.9. The Labute approximate surface area is 200 Å². The van der Waals surface area contributed by atoms with Crippen LogP contribution in [0.3, 0.4) is 0 Å². The van der Waals surface area contributed by atoms with Gasteiger partial charge in [0.05, 0.1) is 0 Å². The standard InChI is InChI=1S/C30H52N2/c1-3-5-6-7-8-9-10-11-12-13-14-15-16-17-21-25-31-26-27-32(30(31)22-4-2)28-29-23-19-18-20-24-29/h18-20,23-24,26-27,30H,3-17,21-22,25,28H2,1-2H3. The van der Waals surface area contributed by atoms with Crippen LogP contribution in [-0.4, -0.2) is 22.5 Å². The van der Waals surface area contributed by atoms with E-state index in [1.807, 2.05) is 0 Å². The molecular weight excluding hydrogens is 388 g/mol. The van der Waals surface area contributed by atoms with Crippen LogP contribution >= 0.6 is 0 Å². The maximum absolute atomic E-state index is 2.59. The van der Waals surface area contributed by atoms with Crippen LogP contribution in [0.4, 0.5) is 0 Å². The second kappa shape index (κ2) is 18.0. The summed E-state index contributed by atoms with van der Waals surface area (Å²) in [6.07, 6.45) is 29.2. The highest BCUT2D eigenvalue weighted by Gasteiger charge is 2.24. The fourth-order valence-corrected chi connectivity index (χ4v) is 4.99. The van der Waals surface area contributed by atoms with E-state index in [2.05, 4.69) is 66.4 Å². The van der Waals surface area contributed by atoms with Gasteiger partial charge in [-0.3, -0.25) is 0 Å². The monoisotopic (exact) mass is 440 g/mol. The van der Waals surface area contributed by atoms with Crippen LogP contribution in [0.2, 0.25) is 0 Å². The molecule has 0 aromatic heterocycles. The fraction of sp³-hybridized carbons (Fsp3) is 0.733.